The summed E-state index contributed by atoms with van der Waals surface area (Å²) in [5.41, 5.74) is 6.59. The fraction of sp³-hybridized carbons (Fsp3) is 0.154. The average molecular weight is 602 g/mol. The summed E-state index contributed by atoms with van der Waals surface area (Å²) < 4.78 is 19.2. The van der Waals surface area contributed by atoms with Crippen LogP contribution < -0.4 is 5.46 Å². The molecular weight excluding hydrogens is 569 g/mol. The molecule has 7 heteroatoms. The number of hydrogen-bond acceptors (Lipinski definition) is 6. The number of fused-ring (bicyclic) bond motifs is 3. The van der Waals surface area contributed by atoms with E-state index in [1.54, 1.807) is 0 Å². The lowest BCUT2D eigenvalue weighted by Gasteiger charge is -2.32. The summed E-state index contributed by atoms with van der Waals surface area (Å²) in [5, 5.41) is 2.02. The van der Waals surface area contributed by atoms with Crippen LogP contribution in [0.15, 0.2) is 126 Å². The number of aromatic nitrogens is 3. The molecule has 6 nitrogen and oxygen atoms in total. The topological polar surface area (TPSA) is 70.3 Å². The summed E-state index contributed by atoms with van der Waals surface area (Å²) in [6, 6.07) is 40.8. The lowest BCUT2D eigenvalue weighted by molar-refractivity contribution is 0.00578. The van der Waals surface area contributed by atoms with Gasteiger partial charge in [-0.3, -0.25) is 0 Å². The third-order valence-corrected chi connectivity index (χ3v) is 9.19. The first-order valence-corrected chi connectivity index (χ1v) is 15.5. The smallest absolute Gasteiger partial charge is 0.456 e. The Morgan fingerprint density at radius 2 is 1.00 bits per heavy atom. The van der Waals surface area contributed by atoms with E-state index in [9.17, 15) is 0 Å². The molecule has 46 heavy (non-hydrogen) atoms. The van der Waals surface area contributed by atoms with E-state index in [-0.39, 0.29) is 0 Å². The van der Waals surface area contributed by atoms with E-state index < -0.39 is 18.3 Å². The monoisotopic (exact) mass is 601 g/mol. The first kappa shape index (κ1) is 28.4. The predicted octanol–water partition coefficient (Wildman–Crippen LogP) is 8.74. The van der Waals surface area contributed by atoms with Gasteiger partial charge in [-0.05, 0) is 68.6 Å². The molecule has 0 N–H and O–H groups in total. The maximum absolute atomic E-state index is 6.46. The highest BCUT2D eigenvalue weighted by atomic mass is 16.7. The number of rotatable bonds is 5. The van der Waals surface area contributed by atoms with E-state index in [4.69, 9.17) is 28.7 Å². The van der Waals surface area contributed by atoms with Crippen molar-refractivity contribution in [3.8, 4) is 45.3 Å². The molecule has 8 rings (SSSR count). The zero-order valence-corrected chi connectivity index (χ0v) is 26.2. The van der Waals surface area contributed by atoms with Gasteiger partial charge in [0.25, 0.3) is 0 Å². The van der Waals surface area contributed by atoms with Crippen molar-refractivity contribution >= 4 is 34.5 Å². The zero-order chi connectivity index (χ0) is 31.5. The van der Waals surface area contributed by atoms with E-state index in [0.717, 1.165) is 55.2 Å². The summed E-state index contributed by atoms with van der Waals surface area (Å²) in [4.78, 5) is 14.7. The Morgan fingerprint density at radius 3 is 1.63 bits per heavy atom. The average Bonchev–Trinajstić information content (AvgIpc) is 3.57. The van der Waals surface area contributed by atoms with Gasteiger partial charge in [0, 0.05) is 27.5 Å². The SMILES string of the molecule is CC1(C)OB(c2cccc3oc4ccc(-c5cccc(-c6nc(-c7ccccc7)nc(-c7ccccc7)n6)c5)cc4c23)OC1(C)C. The van der Waals surface area contributed by atoms with Gasteiger partial charge in [0.1, 0.15) is 11.2 Å². The molecule has 0 atom stereocenters. The zero-order valence-electron chi connectivity index (χ0n) is 26.2. The third kappa shape index (κ3) is 4.89. The molecule has 0 saturated carbocycles. The van der Waals surface area contributed by atoms with Crippen LogP contribution in [0.1, 0.15) is 27.7 Å². The minimum atomic E-state index is -0.497. The molecule has 1 saturated heterocycles. The summed E-state index contributed by atoms with van der Waals surface area (Å²) in [6.07, 6.45) is 0. The molecule has 0 spiro atoms. The van der Waals surface area contributed by atoms with Crippen molar-refractivity contribution in [2.45, 2.75) is 38.9 Å². The quantitative estimate of drug-likeness (QED) is 0.184. The van der Waals surface area contributed by atoms with Crippen molar-refractivity contribution in [2.24, 2.45) is 0 Å². The second-order valence-electron chi connectivity index (χ2n) is 12.7. The molecule has 1 aliphatic rings. The number of benzene rings is 5. The van der Waals surface area contributed by atoms with Crippen LogP contribution >= 0.6 is 0 Å². The van der Waals surface area contributed by atoms with E-state index in [1.807, 2.05) is 91.0 Å². The first-order chi connectivity index (χ1) is 22.3. The van der Waals surface area contributed by atoms with Crippen molar-refractivity contribution in [1.82, 2.24) is 15.0 Å². The van der Waals surface area contributed by atoms with Crippen molar-refractivity contribution < 1.29 is 13.7 Å². The van der Waals surface area contributed by atoms with Crippen LogP contribution in [0.5, 0.6) is 0 Å². The highest BCUT2D eigenvalue weighted by molar-refractivity contribution is 6.66. The molecule has 0 aliphatic carbocycles. The van der Waals surface area contributed by atoms with E-state index in [0.29, 0.717) is 17.5 Å². The highest BCUT2D eigenvalue weighted by Gasteiger charge is 2.52. The molecule has 5 aromatic carbocycles. The van der Waals surface area contributed by atoms with E-state index in [2.05, 4.69) is 58.0 Å². The first-order valence-electron chi connectivity index (χ1n) is 15.5. The Hall–Kier alpha value is -5.11. The molecule has 0 radical (unpaired) electrons. The maximum Gasteiger partial charge on any atom is 0.495 e. The van der Waals surface area contributed by atoms with Crippen LogP contribution in [-0.4, -0.2) is 33.3 Å². The molecular formula is C39H32BN3O3. The van der Waals surface area contributed by atoms with Crippen LogP contribution in [0.3, 0.4) is 0 Å². The fourth-order valence-corrected chi connectivity index (χ4v) is 5.98. The van der Waals surface area contributed by atoms with Gasteiger partial charge in [0.15, 0.2) is 17.5 Å². The molecule has 0 amide bonds. The van der Waals surface area contributed by atoms with Gasteiger partial charge in [-0.25, -0.2) is 15.0 Å². The molecule has 3 heterocycles. The van der Waals surface area contributed by atoms with Crippen molar-refractivity contribution in [3.05, 3.63) is 121 Å². The summed E-state index contributed by atoms with van der Waals surface area (Å²) in [7, 11) is -0.497. The Labute approximate surface area is 268 Å². The second-order valence-corrected chi connectivity index (χ2v) is 12.7. The molecule has 1 fully saturated rings. The van der Waals surface area contributed by atoms with Gasteiger partial charge in [-0.1, -0.05) is 97.1 Å². The van der Waals surface area contributed by atoms with Crippen LogP contribution in [0, 0.1) is 0 Å². The van der Waals surface area contributed by atoms with Gasteiger partial charge in [-0.2, -0.15) is 0 Å². The van der Waals surface area contributed by atoms with Gasteiger partial charge in [0.05, 0.1) is 11.2 Å². The highest BCUT2D eigenvalue weighted by Crippen LogP contribution is 2.39. The lowest BCUT2D eigenvalue weighted by Crippen LogP contribution is -2.41. The Bertz CT molecular complexity index is 2160. The molecule has 224 valence electrons. The number of nitrogens with zero attached hydrogens (tertiary/aromatic N) is 3. The summed E-state index contributed by atoms with van der Waals surface area (Å²) in [6.45, 7) is 8.29. The van der Waals surface area contributed by atoms with Crippen LogP contribution in [0.4, 0.5) is 0 Å². The minimum absolute atomic E-state index is 0.444. The molecule has 2 aromatic heterocycles. The number of furan rings is 1. The summed E-state index contributed by atoms with van der Waals surface area (Å²) >= 11 is 0. The Kier molecular flexibility index (Phi) is 6.64. The third-order valence-electron chi connectivity index (χ3n) is 9.19. The van der Waals surface area contributed by atoms with Gasteiger partial charge >= 0.3 is 7.12 Å². The Balaban J connectivity index is 1.23. The van der Waals surface area contributed by atoms with Crippen LogP contribution in [-0.2, 0) is 9.31 Å². The predicted molar refractivity (Wildman–Crippen MR) is 185 cm³/mol. The largest absolute Gasteiger partial charge is 0.495 e. The maximum atomic E-state index is 6.46. The number of hydrogen-bond donors (Lipinski definition) is 0. The molecule has 1 aliphatic heterocycles. The normalized spacial score (nSPS) is 15.5. The van der Waals surface area contributed by atoms with Gasteiger partial charge in [0.2, 0.25) is 0 Å². The molecule has 7 aromatic rings. The summed E-state index contributed by atoms with van der Waals surface area (Å²) in [5.74, 6) is 1.89. The van der Waals surface area contributed by atoms with E-state index >= 15 is 0 Å². The minimum Gasteiger partial charge on any atom is -0.456 e. The fourth-order valence-electron chi connectivity index (χ4n) is 5.98. The van der Waals surface area contributed by atoms with Crippen LogP contribution in [0.25, 0.3) is 67.2 Å². The molecule has 0 bridgehead atoms. The Morgan fingerprint density at radius 1 is 0.478 bits per heavy atom. The second kappa shape index (κ2) is 10.8. The van der Waals surface area contributed by atoms with Crippen molar-refractivity contribution in [3.63, 3.8) is 0 Å². The standard InChI is InChI=1S/C39H32BN3O3/c1-38(2)39(3,4)46-40(45-38)31-19-12-20-33-34(31)30-24-28(21-22-32(30)44-33)27-17-11-18-29(23-27)37-42-35(25-13-7-5-8-14-25)41-36(43-37)26-15-9-6-10-16-26/h5-24H,1-4H3. The van der Waals surface area contributed by atoms with Crippen molar-refractivity contribution in [2.75, 3.05) is 0 Å². The van der Waals surface area contributed by atoms with Crippen LogP contribution in [0.2, 0.25) is 0 Å². The van der Waals surface area contributed by atoms with Crippen molar-refractivity contribution in [1.29, 1.82) is 0 Å². The van der Waals surface area contributed by atoms with Gasteiger partial charge in [-0.15, -0.1) is 0 Å². The van der Waals surface area contributed by atoms with Gasteiger partial charge < -0.3 is 13.7 Å². The molecule has 0 unspecified atom stereocenters. The van der Waals surface area contributed by atoms with E-state index in [1.165, 1.54) is 0 Å². The lowest BCUT2D eigenvalue weighted by atomic mass is 9.76.